The summed E-state index contributed by atoms with van der Waals surface area (Å²) in [5.41, 5.74) is 22.2. The summed E-state index contributed by atoms with van der Waals surface area (Å²) >= 11 is 0. The lowest BCUT2D eigenvalue weighted by molar-refractivity contribution is -0.143. The highest BCUT2D eigenvalue weighted by atomic mass is 16.4. The van der Waals surface area contributed by atoms with Gasteiger partial charge in [-0.25, -0.2) is 4.79 Å². The first-order chi connectivity index (χ1) is 18.7. The highest BCUT2D eigenvalue weighted by Gasteiger charge is 2.31. The molecule has 0 saturated heterocycles. The predicted octanol–water partition coefficient (Wildman–Crippen LogP) is -2.22. The van der Waals surface area contributed by atoms with Gasteiger partial charge in [0.25, 0.3) is 0 Å². The highest BCUT2D eigenvalue weighted by molar-refractivity contribution is 5.95. The lowest BCUT2D eigenvalue weighted by Crippen LogP contribution is -2.58. The fraction of sp³-hybridized carbons (Fsp3) is 0.520. The van der Waals surface area contributed by atoms with Gasteiger partial charge >= 0.3 is 5.97 Å². The molecule has 1 rings (SSSR count). The van der Waals surface area contributed by atoms with Gasteiger partial charge in [-0.1, -0.05) is 26.0 Å². The summed E-state index contributed by atoms with van der Waals surface area (Å²) in [5.74, 6) is -4.74. The number of benzene rings is 1. The molecule has 0 bridgehead atoms. The molecule has 4 unspecified atom stereocenters. The number of guanidine groups is 1. The van der Waals surface area contributed by atoms with Crippen molar-refractivity contribution < 1.29 is 34.2 Å². The molecule has 15 heteroatoms. The Morgan fingerprint density at radius 3 is 1.95 bits per heavy atom. The van der Waals surface area contributed by atoms with Gasteiger partial charge in [0, 0.05) is 13.0 Å². The molecule has 0 heterocycles. The molecular weight excluding hydrogens is 524 g/mol. The number of aliphatic imine (C=N–C) groups is 1. The molecule has 4 amide bonds. The maximum absolute atomic E-state index is 13.3. The van der Waals surface area contributed by atoms with Gasteiger partial charge in [0.05, 0.1) is 12.5 Å². The lowest BCUT2D eigenvalue weighted by Gasteiger charge is -2.26. The third-order valence-corrected chi connectivity index (χ3v) is 5.67. The Kier molecular flexibility index (Phi) is 13.9. The lowest BCUT2D eigenvalue weighted by atomic mass is 10.00. The van der Waals surface area contributed by atoms with Gasteiger partial charge in [0.2, 0.25) is 23.6 Å². The number of hydrogen-bond donors (Lipinski definition) is 9. The molecule has 40 heavy (non-hydrogen) atoms. The number of phenolic OH excluding ortho intramolecular Hbond substituents is 1. The molecule has 15 nitrogen and oxygen atoms in total. The second-order valence-corrected chi connectivity index (χ2v) is 9.75. The number of carbonyl (C=O) groups is 5. The normalized spacial score (nSPS) is 13.8. The molecule has 1 aromatic rings. The second-order valence-electron chi connectivity index (χ2n) is 9.75. The number of carboxylic acid groups (broad SMARTS) is 1. The van der Waals surface area contributed by atoms with Crippen LogP contribution >= 0.6 is 0 Å². The van der Waals surface area contributed by atoms with Crippen LogP contribution < -0.4 is 38.9 Å². The Bertz CT molecular complexity index is 1060. The maximum atomic E-state index is 13.3. The van der Waals surface area contributed by atoms with Crippen LogP contribution in [0.2, 0.25) is 0 Å². The van der Waals surface area contributed by atoms with Crippen LogP contribution in [-0.2, 0) is 30.4 Å². The molecule has 0 aliphatic rings. The van der Waals surface area contributed by atoms with Crippen molar-refractivity contribution in [2.75, 3.05) is 6.54 Å². The van der Waals surface area contributed by atoms with E-state index in [1.165, 1.54) is 24.3 Å². The van der Waals surface area contributed by atoms with Crippen LogP contribution in [0.1, 0.15) is 45.1 Å². The monoisotopic (exact) mass is 564 g/mol. The molecule has 0 spiro atoms. The van der Waals surface area contributed by atoms with E-state index in [4.69, 9.17) is 22.9 Å². The van der Waals surface area contributed by atoms with Crippen LogP contribution in [0.15, 0.2) is 29.3 Å². The standard InChI is InChI=1S/C25H40N8O7/c1-13(2)10-17(31-21(36)16(26)4-3-9-30-25(28)29)22(37)32-18(11-14-5-7-15(34)8-6-14)23(38)33-19(24(39)40)12-20(27)35/h5-8,13,16-19,34H,3-4,9-12,26H2,1-2H3,(H2,27,35)(H,31,36)(H,32,37)(H,33,38)(H,39,40)(H4,28,29,30). The van der Waals surface area contributed by atoms with E-state index in [2.05, 4.69) is 20.9 Å². The number of phenols is 1. The first kappa shape index (κ1) is 33.6. The molecule has 0 aliphatic carbocycles. The number of rotatable bonds is 17. The largest absolute Gasteiger partial charge is 0.508 e. The van der Waals surface area contributed by atoms with Crippen LogP contribution in [0.4, 0.5) is 0 Å². The summed E-state index contributed by atoms with van der Waals surface area (Å²) in [5, 5.41) is 26.3. The molecule has 0 aromatic heterocycles. The van der Waals surface area contributed by atoms with Crippen LogP contribution in [0.25, 0.3) is 0 Å². The van der Waals surface area contributed by atoms with E-state index in [0.717, 1.165) is 0 Å². The fourth-order valence-corrected chi connectivity index (χ4v) is 3.66. The number of amides is 4. The Morgan fingerprint density at radius 2 is 1.43 bits per heavy atom. The summed E-state index contributed by atoms with van der Waals surface area (Å²) in [6, 6.07) is 0.887. The zero-order valence-corrected chi connectivity index (χ0v) is 22.6. The van der Waals surface area contributed by atoms with Gasteiger partial charge in [-0.15, -0.1) is 0 Å². The van der Waals surface area contributed by atoms with Gasteiger partial charge < -0.3 is 49.1 Å². The summed E-state index contributed by atoms with van der Waals surface area (Å²) in [6.45, 7) is 3.95. The smallest absolute Gasteiger partial charge is 0.326 e. The number of carbonyl (C=O) groups excluding carboxylic acids is 4. The SMILES string of the molecule is CC(C)CC(NC(=O)C(N)CCCN=C(N)N)C(=O)NC(Cc1ccc(O)cc1)C(=O)NC(CC(N)=O)C(=O)O. The number of hydrogen-bond acceptors (Lipinski definition) is 8. The van der Waals surface area contributed by atoms with Gasteiger partial charge in [0.1, 0.15) is 23.9 Å². The van der Waals surface area contributed by atoms with Gasteiger partial charge in [-0.05, 0) is 42.9 Å². The Labute approximate surface area is 232 Å². The van der Waals surface area contributed by atoms with E-state index in [0.29, 0.717) is 12.0 Å². The fourth-order valence-electron chi connectivity index (χ4n) is 3.66. The Hall–Kier alpha value is -4.40. The number of primary amides is 1. The molecule has 222 valence electrons. The number of aliphatic carboxylic acids is 1. The van der Waals surface area contributed by atoms with Crippen LogP contribution in [0.5, 0.6) is 5.75 Å². The van der Waals surface area contributed by atoms with E-state index in [1.807, 2.05) is 13.8 Å². The van der Waals surface area contributed by atoms with Crippen molar-refractivity contribution in [3.8, 4) is 5.75 Å². The van der Waals surface area contributed by atoms with Crippen molar-refractivity contribution in [2.24, 2.45) is 33.8 Å². The van der Waals surface area contributed by atoms with Crippen molar-refractivity contribution in [3.63, 3.8) is 0 Å². The quantitative estimate of drug-likeness (QED) is 0.0558. The molecule has 1 aromatic carbocycles. The van der Waals surface area contributed by atoms with Gasteiger partial charge in [-0.3, -0.25) is 24.2 Å². The number of aromatic hydroxyl groups is 1. The number of nitrogens with zero attached hydrogens (tertiary/aromatic N) is 1. The number of nitrogens with one attached hydrogen (secondary N) is 3. The molecule has 0 radical (unpaired) electrons. The minimum Gasteiger partial charge on any atom is -0.508 e. The van der Waals surface area contributed by atoms with Crippen LogP contribution in [-0.4, -0.2) is 76.5 Å². The number of carboxylic acids is 1. The van der Waals surface area contributed by atoms with Crippen molar-refractivity contribution in [1.29, 1.82) is 0 Å². The van der Waals surface area contributed by atoms with Crippen molar-refractivity contribution in [2.45, 2.75) is 70.1 Å². The maximum Gasteiger partial charge on any atom is 0.326 e. The molecule has 13 N–H and O–H groups in total. The average molecular weight is 565 g/mol. The third kappa shape index (κ3) is 12.9. The van der Waals surface area contributed by atoms with E-state index < -0.39 is 60.2 Å². The number of nitrogens with two attached hydrogens (primary N) is 4. The summed E-state index contributed by atoms with van der Waals surface area (Å²) in [6.07, 6.45) is 0.145. The topological polar surface area (TPSA) is 278 Å². The predicted molar refractivity (Wildman–Crippen MR) is 146 cm³/mol. The zero-order chi connectivity index (χ0) is 30.4. The van der Waals surface area contributed by atoms with Crippen LogP contribution in [0, 0.1) is 5.92 Å². The third-order valence-electron chi connectivity index (χ3n) is 5.67. The van der Waals surface area contributed by atoms with E-state index in [9.17, 15) is 34.2 Å². The Morgan fingerprint density at radius 1 is 0.875 bits per heavy atom. The average Bonchev–Trinajstić information content (AvgIpc) is 2.85. The van der Waals surface area contributed by atoms with Crippen molar-refractivity contribution in [3.05, 3.63) is 29.8 Å². The van der Waals surface area contributed by atoms with Crippen LogP contribution in [0.3, 0.4) is 0 Å². The highest BCUT2D eigenvalue weighted by Crippen LogP contribution is 2.13. The Balaban J connectivity index is 3.09. The molecule has 0 saturated carbocycles. The van der Waals surface area contributed by atoms with E-state index >= 15 is 0 Å². The van der Waals surface area contributed by atoms with E-state index in [1.54, 1.807) is 0 Å². The zero-order valence-electron chi connectivity index (χ0n) is 22.6. The molecule has 4 atom stereocenters. The first-order valence-electron chi connectivity index (χ1n) is 12.7. The minimum atomic E-state index is -1.62. The van der Waals surface area contributed by atoms with Gasteiger partial charge in [0.15, 0.2) is 5.96 Å². The van der Waals surface area contributed by atoms with Crippen molar-refractivity contribution >= 4 is 35.6 Å². The van der Waals surface area contributed by atoms with Crippen molar-refractivity contribution in [1.82, 2.24) is 16.0 Å². The second kappa shape index (κ2) is 16.5. The minimum absolute atomic E-state index is 0.0180. The molecule has 0 aliphatic heterocycles. The summed E-state index contributed by atoms with van der Waals surface area (Å²) in [7, 11) is 0. The summed E-state index contributed by atoms with van der Waals surface area (Å²) < 4.78 is 0. The van der Waals surface area contributed by atoms with E-state index in [-0.39, 0.29) is 43.4 Å². The molecule has 0 fully saturated rings. The van der Waals surface area contributed by atoms with Gasteiger partial charge in [-0.2, -0.15) is 0 Å². The molecular formula is C25H40N8O7. The summed E-state index contributed by atoms with van der Waals surface area (Å²) in [4.78, 5) is 65.8. The first-order valence-corrected chi connectivity index (χ1v) is 12.7.